The normalized spacial score (nSPS) is 10.4. The quantitative estimate of drug-likeness (QED) is 0.829. The van der Waals surface area contributed by atoms with Crippen LogP contribution < -0.4 is 0 Å². The first kappa shape index (κ1) is 12.7. The number of hydrogen-bond acceptors (Lipinski definition) is 2. The van der Waals surface area contributed by atoms with Gasteiger partial charge in [-0.25, -0.2) is 4.98 Å². The van der Waals surface area contributed by atoms with Gasteiger partial charge in [-0.1, -0.05) is 29.3 Å². The summed E-state index contributed by atoms with van der Waals surface area (Å²) in [4.78, 5) is 4.48. The molecule has 0 atom stereocenters. The lowest BCUT2D eigenvalue weighted by Crippen LogP contribution is -1.95. The van der Waals surface area contributed by atoms with Crippen LogP contribution in [-0.2, 0) is 13.5 Å². The number of nitriles is 1. The van der Waals surface area contributed by atoms with Crippen molar-refractivity contribution in [1.82, 2.24) is 9.55 Å². The van der Waals surface area contributed by atoms with Crippen molar-refractivity contribution in [2.75, 3.05) is 0 Å². The average molecular weight is 260 g/mol. The van der Waals surface area contributed by atoms with Gasteiger partial charge in [0.2, 0.25) is 0 Å². The smallest absolute Gasteiger partial charge is 0.141 e. The number of rotatable bonds is 2. The molecule has 0 saturated heterocycles. The summed E-state index contributed by atoms with van der Waals surface area (Å²) in [5, 5.41) is 9.29. The van der Waals surface area contributed by atoms with E-state index in [0.29, 0.717) is 10.8 Å². The maximum atomic E-state index is 8.76. The highest BCUT2D eigenvalue weighted by Crippen LogP contribution is 2.28. The number of benzene rings is 1. The maximum Gasteiger partial charge on any atom is 0.141 e. The van der Waals surface area contributed by atoms with Crippen molar-refractivity contribution in [3.8, 4) is 17.5 Å². The van der Waals surface area contributed by atoms with Crippen LogP contribution in [0.1, 0.15) is 16.8 Å². The van der Waals surface area contributed by atoms with Crippen LogP contribution >= 0.6 is 11.6 Å². The Morgan fingerprint density at radius 2 is 2.11 bits per heavy atom. The summed E-state index contributed by atoms with van der Waals surface area (Å²) in [5.41, 5.74) is 4.02. The summed E-state index contributed by atoms with van der Waals surface area (Å²) < 4.78 is 1.83. The second kappa shape index (κ2) is 4.83. The highest BCUT2D eigenvalue weighted by Gasteiger charge is 2.15. The van der Waals surface area contributed by atoms with Gasteiger partial charge in [-0.3, -0.25) is 0 Å². The fourth-order valence-corrected chi connectivity index (χ4v) is 2.13. The first-order valence-corrected chi connectivity index (χ1v) is 6.08. The summed E-state index contributed by atoms with van der Waals surface area (Å²) in [7, 11) is 1.87. The number of halogens is 1. The van der Waals surface area contributed by atoms with Crippen LogP contribution in [0.3, 0.4) is 0 Å². The Labute approximate surface area is 112 Å². The Kier molecular flexibility index (Phi) is 3.40. The molecule has 4 heteroatoms. The van der Waals surface area contributed by atoms with E-state index >= 15 is 0 Å². The zero-order valence-corrected chi connectivity index (χ0v) is 11.4. The number of hydrogen-bond donors (Lipinski definition) is 0. The number of aryl methyl sites for hydroxylation is 2. The van der Waals surface area contributed by atoms with Crippen molar-refractivity contribution >= 4 is 11.6 Å². The van der Waals surface area contributed by atoms with Gasteiger partial charge < -0.3 is 4.57 Å². The van der Waals surface area contributed by atoms with Gasteiger partial charge in [0.1, 0.15) is 11.0 Å². The van der Waals surface area contributed by atoms with Crippen LogP contribution in [0.25, 0.3) is 11.4 Å². The highest BCUT2D eigenvalue weighted by atomic mass is 35.5. The first-order valence-electron chi connectivity index (χ1n) is 5.70. The maximum absolute atomic E-state index is 8.76. The van der Waals surface area contributed by atoms with Gasteiger partial charge >= 0.3 is 0 Å². The third kappa shape index (κ3) is 2.12. The van der Waals surface area contributed by atoms with Crippen LogP contribution in [0.2, 0.25) is 5.15 Å². The number of imidazole rings is 1. The van der Waals surface area contributed by atoms with Crippen LogP contribution in [0.5, 0.6) is 0 Å². The minimum atomic E-state index is 0.234. The van der Waals surface area contributed by atoms with E-state index < -0.39 is 0 Å². The van der Waals surface area contributed by atoms with E-state index in [2.05, 4.69) is 29.3 Å². The summed E-state index contributed by atoms with van der Waals surface area (Å²) >= 11 is 6.18. The number of aromatic nitrogens is 2. The Hall–Kier alpha value is -1.79. The van der Waals surface area contributed by atoms with Gasteiger partial charge in [0.15, 0.2) is 0 Å². The largest absolute Gasteiger partial charge is 0.318 e. The van der Waals surface area contributed by atoms with Crippen molar-refractivity contribution < 1.29 is 0 Å². The fourth-order valence-electron chi connectivity index (χ4n) is 1.94. The topological polar surface area (TPSA) is 41.6 Å². The SMILES string of the molecule is Cc1ccc(C)c(-c2nc(CC#N)c(Cl)n2C)c1. The van der Waals surface area contributed by atoms with E-state index in [9.17, 15) is 0 Å². The summed E-state index contributed by atoms with van der Waals surface area (Å²) in [6, 6.07) is 8.31. The van der Waals surface area contributed by atoms with E-state index in [1.54, 1.807) is 0 Å². The molecule has 0 saturated carbocycles. The average Bonchev–Trinajstić information content (AvgIpc) is 2.61. The van der Waals surface area contributed by atoms with Crippen LogP contribution in [0.15, 0.2) is 18.2 Å². The van der Waals surface area contributed by atoms with Gasteiger partial charge in [-0.15, -0.1) is 0 Å². The standard InChI is InChI=1S/C14H14ClN3/c1-9-4-5-10(2)11(8-9)14-17-12(6-7-16)13(15)18(14)3/h4-5,8H,6H2,1-3H3. The third-order valence-electron chi connectivity index (χ3n) is 2.97. The molecule has 0 unspecified atom stereocenters. The molecule has 0 fully saturated rings. The molecule has 0 aliphatic rings. The predicted molar refractivity (Wildman–Crippen MR) is 72.4 cm³/mol. The molecule has 1 aromatic heterocycles. The molecular weight excluding hydrogens is 246 g/mol. The van der Waals surface area contributed by atoms with E-state index in [-0.39, 0.29) is 6.42 Å². The molecule has 0 radical (unpaired) electrons. The van der Waals surface area contributed by atoms with E-state index in [1.807, 2.05) is 25.5 Å². The molecule has 92 valence electrons. The second-order valence-electron chi connectivity index (χ2n) is 4.39. The van der Waals surface area contributed by atoms with E-state index in [1.165, 1.54) is 5.56 Å². The lowest BCUT2D eigenvalue weighted by atomic mass is 10.1. The molecule has 1 aromatic carbocycles. The Morgan fingerprint density at radius 3 is 2.78 bits per heavy atom. The summed E-state index contributed by atoms with van der Waals surface area (Å²) in [6.45, 7) is 4.09. The zero-order valence-electron chi connectivity index (χ0n) is 10.7. The molecule has 18 heavy (non-hydrogen) atoms. The van der Waals surface area contributed by atoms with Crippen LogP contribution in [-0.4, -0.2) is 9.55 Å². The lowest BCUT2D eigenvalue weighted by molar-refractivity contribution is 0.922. The van der Waals surface area contributed by atoms with Crippen molar-refractivity contribution in [3.05, 3.63) is 40.2 Å². The minimum absolute atomic E-state index is 0.234. The van der Waals surface area contributed by atoms with Crippen LogP contribution in [0.4, 0.5) is 0 Å². The van der Waals surface area contributed by atoms with Gasteiger partial charge in [-0.05, 0) is 25.5 Å². The van der Waals surface area contributed by atoms with Crippen molar-refractivity contribution in [1.29, 1.82) is 5.26 Å². The van der Waals surface area contributed by atoms with E-state index in [4.69, 9.17) is 16.9 Å². The molecule has 0 spiro atoms. The lowest BCUT2D eigenvalue weighted by Gasteiger charge is -2.07. The molecule has 0 N–H and O–H groups in total. The van der Waals surface area contributed by atoms with Crippen molar-refractivity contribution in [3.63, 3.8) is 0 Å². The predicted octanol–water partition coefficient (Wildman–Crippen LogP) is 3.42. The van der Waals surface area contributed by atoms with Crippen LogP contribution in [0, 0.1) is 25.2 Å². The van der Waals surface area contributed by atoms with Gasteiger partial charge in [0.25, 0.3) is 0 Å². The Morgan fingerprint density at radius 1 is 1.39 bits per heavy atom. The molecule has 0 aliphatic heterocycles. The number of nitrogens with zero attached hydrogens (tertiary/aromatic N) is 3. The van der Waals surface area contributed by atoms with Crippen molar-refractivity contribution in [2.24, 2.45) is 7.05 Å². The monoisotopic (exact) mass is 259 g/mol. The molecule has 0 aliphatic carbocycles. The molecular formula is C14H14ClN3. The molecule has 2 aromatic rings. The molecule has 1 heterocycles. The second-order valence-corrected chi connectivity index (χ2v) is 4.74. The van der Waals surface area contributed by atoms with Gasteiger partial charge in [0.05, 0.1) is 18.2 Å². The first-order chi connectivity index (χ1) is 8.54. The molecule has 0 bridgehead atoms. The minimum Gasteiger partial charge on any atom is -0.318 e. The zero-order chi connectivity index (χ0) is 13.3. The Balaban J connectivity index is 2.61. The highest BCUT2D eigenvalue weighted by molar-refractivity contribution is 6.30. The molecule has 0 amide bonds. The third-order valence-corrected chi connectivity index (χ3v) is 3.44. The molecule has 2 rings (SSSR count). The fraction of sp³-hybridized carbons (Fsp3) is 0.286. The van der Waals surface area contributed by atoms with Crippen molar-refractivity contribution in [2.45, 2.75) is 20.3 Å². The molecule has 3 nitrogen and oxygen atoms in total. The van der Waals surface area contributed by atoms with E-state index in [0.717, 1.165) is 17.0 Å². The summed E-state index contributed by atoms with van der Waals surface area (Å²) in [5.74, 6) is 0.812. The summed E-state index contributed by atoms with van der Waals surface area (Å²) in [6.07, 6.45) is 0.234. The Bertz CT molecular complexity index is 635. The van der Waals surface area contributed by atoms with Gasteiger partial charge in [-0.2, -0.15) is 5.26 Å². The van der Waals surface area contributed by atoms with Gasteiger partial charge in [0, 0.05) is 12.6 Å².